The van der Waals surface area contributed by atoms with Gasteiger partial charge in [-0.1, -0.05) is 13.8 Å². The van der Waals surface area contributed by atoms with Gasteiger partial charge in [0, 0.05) is 25.7 Å². The number of hydrogen-bond acceptors (Lipinski definition) is 4. The lowest BCUT2D eigenvalue weighted by molar-refractivity contribution is 0.0942. The number of carbonyl (C=O) groups excluding carboxylic acids is 1. The normalized spacial score (nSPS) is 18.8. The van der Waals surface area contributed by atoms with Gasteiger partial charge in [0.15, 0.2) is 0 Å². The summed E-state index contributed by atoms with van der Waals surface area (Å²) in [5.41, 5.74) is 0.146. The van der Waals surface area contributed by atoms with Crippen LogP contribution in [0, 0.1) is 5.92 Å². The highest BCUT2D eigenvalue weighted by Crippen LogP contribution is 2.15. The molecule has 1 amide bonds. The molecule has 0 aromatic carbocycles. The Morgan fingerprint density at radius 1 is 1.39 bits per heavy atom. The molecule has 0 saturated carbocycles. The summed E-state index contributed by atoms with van der Waals surface area (Å²) in [6.45, 7) is 8.80. The second-order valence-electron chi connectivity index (χ2n) is 6.44. The maximum absolute atomic E-state index is 12.1. The van der Waals surface area contributed by atoms with E-state index < -0.39 is 0 Å². The number of likely N-dealkylation sites (tertiary alicyclic amines) is 1. The molecule has 1 saturated heterocycles. The number of hydrogen-bond donors (Lipinski definition) is 1. The second kappa shape index (κ2) is 8.82. The highest BCUT2D eigenvalue weighted by atomic mass is 16.2. The van der Waals surface area contributed by atoms with Crippen molar-refractivity contribution in [2.75, 3.05) is 26.2 Å². The fourth-order valence-corrected chi connectivity index (χ4v) is 3.03. The van der Waals surface area contributed by atoms with Crippen molar-refractivity contribution in [1.29, 1.82) is 0 Å². The molecule has 128 valence electrons. The van der Waals surface area contributed by atoms with E-state index in [9.17, 15) is 9.59 Å². The highest BCUT2D eigenvalue weighted by molar-refractivity contribution is 5.91. The molecule has 2 rings (SSSR count). The maximum atomic E-state index is 12.1. The van der Waals surface area contributed by atoms with E-state index in [1.54, 1.807) is 0 Å². The van der Waals surface area contributed by atoms with Crippen LogP contribution >= 0.6 is 0 Å². The fraction of sp³-hybridized carbons (Fsp3) is 0.706. The smallest absolute Gasteiger partial charge is 0.271 e. The molecule has 1 atom stereocenters. The molecule has 0 unspecified atom stereocenters. The van der Waals surface area contributed by atoms with Gasteiger partial charge in [-0.25, -0.2) is 4.68 Å². The van der Waals surface area contributed by atoms with Crippen LogP contribution < -0.4 is 10.9 Å². The minimum atomic E-state index is -0.207. The average molecular weight is 320 g/mol. The van der Waals surface area contributed by atoms with E-state index in [0.717, 1.165) is 31.8 Å². The largest absolute Gasteiger partial charge is 0.351 e. The Kier molecular flexibility index (Phi) is 6.77. The molecule has 0 bridgehead atoms. The lowest BCUT2D eigenvalue weighted by Crippen LogP contribution is -2.36. The Balaban J connectivity index is 1.76. The van der Waals surface area contributed by atoms with Gasteiger partial charge in [0.1, 0.15) is 5.69 Å². The summed E-state index contributed by atoms with van der Waals surface area (Å²) >= 11 is 0. The molecule has 2 heterocycles. The van der Waals surface area contributed by atoms with Gasteiger partial charge in [-0.05, 0) is 50.8 Å². The quantitative estimate of drug-likeness (QED) is 0.773. The van der Waals surface area contributed by atoms with Crippen LogP contribution in [0.4, 0.5) is 0 Å². The third-order valence-electron chi connectivity index (χ3n) is 4.21. The van der Waals surface area contributed by atoms with Gasteiger partial charge >= 0.3 is 0 Å². The van der Waals surface area contributed by atoms with Crippen LogP contribution in [0.3, 0.4) is 0 Å². The first kappa shape index (κ1) is 17.7. The van der Waals surface area contributed by atoms with Gasteiger partial charge in [-0.3, -0.25) is 9.59 Å². The zero-order chi connectivity index (χ0) is 16.7. The molecule has 6 heteroatoms. The molecule has 1 N–H and O–H groups in total. The van der Waals surface area contributed by atoms with Crippen LogP contribution in [0.5, 0.6) is 0 Å². The molecular weight excluding hydrogens is 292 g/mol. The number of carbonyl (C=O) groups is 1. The minimum Gasteiger partial charge on any atom is -0.351 e. The summed E-state index contributed by atoms with van der Waals surface area (Å²) in [6.07, 6.45) is 4.35. The van der Waals surface area contributed by atoms with Gasteiger partial charge in [0.05, 0.1) is 0 Å². The molecule has 1 fully saturated rings. The summed E-state index contributed by atoms with van der Waals surface area (Å²) in [5.74, 6) is 0.573. The van der Waals surface area contributed by atoms with Crippen molar-refractivity contribution < 1.29 is 4.79 Å². The number of piperidine rings is 1. The third-order valence-corrected chi connectivity index (χ3v) is 4.21. The zero-order valence-corrected chi connectivity index (χ0v) is 14.3. The maximum Gasteiger partial charge on any atom is 0.271 e. The number of nitrogens with zero attached hydrogens (tertiary/aromatic N) is 3. The first-order valence-corrected chi connectivity index (χ1v) is 8.69. The number of nitrogens with one attached hydrogen (secondary N) is 1. The van der Waals surface area contributed by atoms with Crippen LogP contribution in [0.25, 0.3) is 0 Å². The molecule has 1 aliphatic rings. The van der Waals surface area contributed by atoms with Crippen molar-refractivity contribution in [3.8, 4) is 0 Å². The number of aryl methyl sites for hydroxylation is 1. The third kappa shape index (κ3) is 5.46. The Morgan fingerprint density at radius 3 is 2.96 bits per heavy atom. The zero-order valence-electron chi connectivity index (χ0n) is 14.3. The molecule has 6 nitrogen and oxygen atoms in total. The summed E-state index contributed by atoms with van der Waals surface area (Å²) < 4.78 is 1.35. The van der Waals surface area contributed by atoms with E-state index in [4.69, 9.17) is 0 Å². The highest BCUT2D eigenvalue weighted by Gasteiger charge is 2.15. The fourth-order valence-electron chi connectivity index (χ4n) is 3.03. The molecule has 0 radical (unpaired) electrons. The van der Waals surface area contributed by atoms with E-state index in [1.165, 1.54) is 36.2 Å². The van der Waals surface area contributed by atoms with Crippen LogP contribution in [0.15, 0.2) is 16.9 Å². The van der Waals surface area contributed by atoms with Crippen LogP contribution in [0.2, 0.25) is 0 Å². The number of aromatic nitrogens is 2. The first-order chi connectivity index (χ1) is 11.1. The molecule has 1 aromatic heterocycles. The Labute approximate surface area is 137 Å². The lowest BCUT2D eigenvalue weighted by Gasteiger charge is -2.30. The van der Waals surface area contributed by atoms with Gasteiger partial charge in [-0.2, -0.15) is 5.10 Å². The SMILES string of the molecule is CCCn1nc(C(=O)NCCCN2CCC[C@@H](C)C2)ccc1=O. The van der Waals surface area contributed by atoms with Crippen molar-refractivity contribution in [2.24, 2.45) is 5.92 Å². The summed E-state index contributed by atoms with van der Waals surface area (Å²) in [6, 6.07) is 2.91. The van der Waals surface area contributed by atoms with Crippen LogP contribution in [-0.2, 0) is 6.54 Å². The lowest BCUT2D eigenvalue weighted by atomic mass is 10.0. The van der Waals surface area contributed by atoms with Crippen LogP contribution in [-0.4, -0.2) is 46.8 Å². The predicted molar refractivity (Wildman–Crippen MR) is 90.6 cm³/mol. The number of rotatable bonds is 7. The molecule has 1 aliphatic heterocycles. The predicted octanol–water partition coefficient (Wildman–Crippen LogP) is 1.51. The van der Waals surface area contributed by atoms with Crippen molar-refractivity contribution >= 4 is 5.91 Å². The monoisotopic (exact) mass is 320 g/mol. The van der Waals surface area contributed by atoms with Crippen molar-refractivity contribution in [3.63, 3.8) is 0 Å². The minimum absolute atomic E-state index is 0.164. The summed E-state index contributed by atoms with van der Waals surface area (Å²) in [7, 11) is 0. The Bertz CT molecular complexity index is 570. The van der Waals surface area contributed by atoms with Gasteiger partial charge in [-0.15, -0.1) is 0 Å². The molecule has 1 aromatic rings. The average Bonchev–Trinajstić information content (AvgIpc) is 2.54. The Morgan fingerprint density at radius 2 is 2.22 bits per heavy atom. The van der Waals surface area contributed by atoms with Crippen molar-refractivity contribution in [3.05, 3.63) is 28.2 Å². The van der Waals surface area contributed by atoms with E-state index in [1.807, 2.05) is 6.92 Å². The summed E-state index contributed by atoms with van der Waals surface area (Å²) in [5, 5.41) is 7.02. The van der Waals surface area contributed by atoms with Crippen molar-refractivity contribution in [1.82, 2.24) is 20.0 Å². The van der Waals surface area contributed by atoms with Gasteiger partial charge in [0.25, 0.3) is 11.5 Å². The van der Waals surface area contributed by atoms with Crippen LogP contribution in [0.1, 0.15) is 50.0 Å². The standard InChI is InChI=1S/C17H28N4O2/c1-3-10-21-16(22)8-7-15(19-21)17(23)18-9-5-12-20-11-4-6-14(2)13-20/h7-8,14H,3-6,9-13H2,1-2H3,(H,18,23)/t14-/m1/s1. The second-order valence-corrected chi connectivity index (χ2v) is 6.44. The summed E-state index contributed by atoms with van der Waals surface area (Å²) in [4.78, 5) is 26.2. The topological polar surface area (TPSA) is 67.2 Å². The molecular formula is C17H28N4O2. The molecule has 0 spiro atoms. The van der Waals surface area contributed by atoms with Crippen molar-refractivity contribution in [2.45, 2.75) is 46.1 Å². The molecule has 0 aliphatic carbocycles. The van der Waals surface area contributed by atoms with E-state index >= 15 is 0 Å². The number of amides is 1. The van der Waals surface area contributed by atoms with E-state index in [-0.39, 0.29) is 11.5 Å². The Hall–Kier alpha value is -1.69. The van der Waals surface area contributed by atoms with E-state index in [0.29, 0.717) is 18.8 Å². The first-order valence-electron chi connectivity index (χ1n) is 8.69. The van der Waals surface area contributed by atoms with Gasteiger partial charge < -0.3 is 10.2 Å². The molecule has 23 heavy (non-hydrogen) atoms. The van der Waals surface area contributed by atoms with E-state index in [2.05, 4.69) is 22.2 Å². The van der Waals surface area contributed by atoms with Gasteiger partial charge in [0.2, 0.25) is 0 Å².